The summed E-state index contributed by atoms with van der Waals surface area (Å²) in [6.07, 6.45) is 4.05. The van der Waals surface area contributed by atoms with Crippen LogP contribution in [0.4, 0.5) is 0 Å². The van der Waals surface area contributed by atoms with E-state index in [0.717, 1.165) is 30.3 Å². The van der Waals surface area contributed by atoms with Gasteiger partial charge in [0.05, 0.1) is 6.04 Å². The Hall–Kier alpha value is -0.710. The van der Waals surface area contributed by atoms with Gasteiger partial charge in [0.15, 0.2) is 0 Å². The molecule has 2 aliphatic rings. The van der Waals surface area contributed by atoms with Crippen molar-refractivity contribution in [1.29, 1.82) is 0 Å². The summed E-state index contributed by atoms with van der Waals surface area (Å²) in [5, 5.41) is 7.42. The van der Waals surface area contributed by atoms with Crippen LogP contribution in [0.1, 0.15) is 44.2 Å². The molecule has 0 spiro atoms. The number of amides is 1. The van der Waals surface area contributed by atoms with Gasteiger partial charge in [-0.1, -0.05) is 18.5 Å². The Morgan fingerprint density at radius 1 is 1.48 bits per heavy atom. The molecule has 1 fully saturated rings. The molecule has 23 heavy (non-hydrogen) atoms. The van der Waals surface area contributed by atoms with Crippen LogP contribution in [-0.2, 0) is 4.79 Å². The van der Waals surface area contributed by atoms with E-state index < -0.39 is 0 Å². The van der Waals surface area contributed by atoms with Crippen LogP contribution in [0.2, 0.25) is 5.02 Å². The second kappa shape index (κ2) is 7.91. The minimum atomic E-state index is 0.106. The maximum absolute atomic E-state index is 12.5. The summed E-state index contributed by atoms with van der Waals surface area (Å²) >= 11 is 7.98. The Morgan fingerprint density at radius 2 is 2.35 bits per heavy atom. The first-order valence-corrected chi connectivity index (χ1v) is 9.92. The summed E-state index contributed by atoms with van der Waals surface area (Å²) in [4.78, 5) is 13.7. The Balaban J connectivity index is 1.59. The number of thioether (sulfide) groups is 1. The van der Waals surface area contributed by atoms with E-state index in [0.29, 0.717) is 18.3 Å². The molecule has 1 aromatic carbocycles. The van der Waals surface area contributed by atoms with E-state index in [1.807, 2.05) is 23.9 Å². The molecule has 2 aliphatic heterocycles. The second-order valence-corrected chi connectivity index (χ2v) is 8.30. The lowest BCUT2D eigenvalue weighted by Gasteiger charge is -2.30. The van der Waals surface area contributed by atoms with Crippen LogP contribution >= 0.6 is 23.4 Å². The lowest BCUT2D eigenvalue weighted by atomic mass is 9.85. The highest BCUT2D eigenvalue weighted by molar-refractivity contribution is 7.99. The standard InChI is InChI=1S/C18H25ClN2OS/c1-12(13-3-2-7-20-11-13)9-18(22)21-16-6-8-23-17-5-4-14(19)10-15(16)17/h4-5,10,12-13,16,20H,2-3,6-9,11H2,1H3,(H,21,22). The van der Waals surface area contributed by atoms with Crippen molar-refractivity contribution in [3.05, 3.63) is 28.8 Å². The summed E-state index contributed by atoms with van der Waals surface area (Å²) in [6.45, 7) is 4.37. The summed E-state index contributed by atoms with van der Waals surface area (Å²) in [5.74, 6) is 2.27. The van der Waals surface area contributed by atoms with Crippen molar-refractivity contribution in [1.82, 2.24) is 10.6 Å². The van der Waals surface area contributed by atoms with Crippen molar-refractivity contribution in [2.24, 2.45) is 11.8 Å². The predicted octanol–water partition coefficient (Wildman–Crippen LogP) is 4.02. The van der Waals surface area contributed by atoms with Crippen molar-refractivity contribution in [2.75, 3.05) is 18.8 Å². The zero-order chi connectivity index (χ0) is 16.2. The van der Waals surface area contributed by atoms with Gasteiger partial charge in [-0.15, -0.1) is 11.8 Å². The van der Waals surface area contributed by atoms with Gasteiger partial charge in [0.1, 0.15) is 0 Å². The first-order chi connectivity index (χ1) is 11.1. The maximum atomic E-state index is 12.5. The van der Waals surface area contributed by atoms with Crippen LogP contribution in [0.25, 0.3) is 0 Å². The molecule has 0 aromatic heterocycles. The summed E-state index contributed by atoms with van der Waals surface area (Å²) in [6, 6.07) is 6.10. The van der Waals surface area contributed by atoms with Crippen LogP contribution in [0.3, 0.4) is 0 Å². The zero-order valence-corrected chi connectivity index (χ0v) is 15.2. The lowest BCUT2D eigenvalue weighted by molar-refractivity contribution is -0.123. The van der Waals surface area contributed by atoms with Crippen LogP contribution in [0, 0.1) is 11.8 Å². The molecule has 0 radical (unpaired) electrons. The van der Waals surface area contributed by atoms with Crippen molar-refractivity contribution >= 4 is 29.3 Å². The third-order valence-corrected chi connectivity index (χ3v) is 6.35. The van der Waals surface area contributed by atoms with Gasteiger partial charge in [-0.2, -0.15) is 0 Å². The molecular formula is C18H25ClN2OS. The lowest BCUT2D eigenvalue weighted by Crippen LogP contribution is -2.36. The molecule has 126 valence electrons. The highest BCUT2D eigenvalue weighted by Gasteiger charge is 2.25. The molecule has 0 aliphatic carbocycles. The van der Waals surface area contributed by atoms with Crippen molar-refractivity contribution in [2.45, 2.75) is 43.5 Å². The second-order valence-electron chi connectivity index (χ2n) is 6.73. The summed E-state index contributed by atoms with van der Waals surface area (Å²) in [5.41, 5.74) is 1.18. The average Bonchev–Trinajstić information content (AvgIpc) is 2.56. The van der Waals surface area contributed by atoms with Crippen LogP contribution < -0.4 is 10.6 Å². The van der Waals surface area contributed by atoms with Gasteiger partial charge in [0, 0.05) is 22.1 Å². The van der Waals surface area contributed by atoms with Crippen LogP contribution in [-0.4, -0.2) is 24.7 Å². The van der Waals surface area contributed by atoms with Crippen LogP contribution in [0.5, 0.6) is 0 Å². The molecule has 1 aromatic rings. The first kappa shape index (κ1) is 17.1. The normalized spacial score (nSPS) is 25.5. The smallest absolute Gasteiger partial charge is 0.220 e. The van der Waals surface area contributed by atoms with E-state index in [2.05, 4.69) is 23.6 Å². The minimum absolute atomic E-state index is 0.106. The van der Waals surface area contributed by atoms with E-state index in [-0.39, 0.29) is 11.9 Å². The molecule has 2 N–H and O–H groups in total. The van der Waals surface area contributed by atoms with Gasteiger partial charge >= 0.3 is 0 Å². The molecular weight excluding hydrogens is 328 g/mol. The maximum Gasteiger partial charge on any atom is 0.220 e. The molecule has 3 nitrogen and oxygen atoms in total. The molecule has 1 saturated heterocycles. The number of carbonyl (C=O) groups is 1. The largest absolute Gasteiger partial charge is 0.349 e. The first-order valence-electron chi connectivity index (χ1n) is 8.56. The third-order valence-electron chi connectivity index (χ3n) is 4.99. The molecule has 3 unspecified atom stereocenters. The summed E-state index contributed by atoms with van der Waals surface area (Å²) < 4.78 is 0. The fourth-order valence-electron chi connectivity index (χ4n) is 3.59. The SMILES string of the molecule is CC(CC(=O)NC1CCSc2ccc(Cl)cc21)C1CCCNC1. The molecule has 0 saturated carbocycles. The quantitative estimate of drug-likeness (QED) is 0.859. The van der Waals surface area contributed by atoms with E-state index in [9.17, 15) is 4.79 Å². The zero-order valence-electron chi connectivity index (χ0n) is 13.6. The molecule has 3 atom stereocenters. The Labute approximate surface area is 147 Å². The Bertz CT molecular complexity index is 560. The van der Waals surface area contributed by atoms with Crippen molar-refractivity contribution in [3.63, 3.8) is 0 Å². The highest BCUT2D eigenvalue weighted by Crippen LogP contribution is 2.37. The number of piperidine rings is 1. The number of hydrogen-bond donors (Lipinski definition) is 2. The van der Waals surface area contributed by atoms with Gasteiger partial charge in [-0.05, 0) is 68.0 Å². The highest BCUT2D eigenvalue weighted by atomic mass is 35.5. The number of halogens is 1. The van der Waals surface area contributed by atoms with Gasteiger partial charge in [0.2, 0.25) is 5.91 Å². The van der Waals surface area contributed by atoms with Crippen molar-refractivity contribution < 1.29 is 4.79 Å². The number of carbonyl (C=O) groups excluding carboxylic acids is 1. The number of rotatable bonds is 4. The van der Waals surface area contributed by atoms with Crippen LogP contribution in [0.15, 0.2) is 23.1 Å². The number of benzene rings is 1. The van der Waals surface area contributed by atoms with E-state index in [4.69, 9.17) is 11.6 Å². The minimum Gasteiger partial charge on any atom is -0.349 e. The van der Waals surface area contributed by atoms with E-state index >= 15 is 0 Å². The van der Waals surface area contributed by atoms with Crippen molar-refractivity contribution in [3.8, 4) is 0 Å². The number of fused-ring (bicyclic) bond motifs is 1. The van der Waals surface area contributed by atoms with Gasteiger partial charge in [0.25, 0.3) is 0 Å². The summed E-state index contributed by atoms with van der Waals surface area (Å²) in [7, 11) is 0. The average molecular weight is 353 g/mol. The fraction of sp³-hybridized carbons (Fsp3) is 0.611. The topological polar surface area (TPSA) is 41.1 Å². The molecule has 5 heteroatoms. The van der Waals surface area contributed by atoms with Gasteiger partial charge in [-0.3, -0.25) is 4.79 Å². The van der Waals surface area contributed by atoms with E-state index in [1.54, 1.807) is 0 Å². The van der Waals surface area contributed by atoms with Gasteiger partial charge < -0.3 is 10.6 Å². The Kier molecular flexibility index (Phi) is 5.89. The molecule has 1 amide bonds. The molecule has 0 bridgehead atoms. The fourth-order valence-corrected chi connectivity index (χ4v) is 4.88. The monoisotopic (exact) mass is 352 g/mol. The molecule has 3 rings (SSSR count). The number of nitrogens with one attached hydrogen (secondary N) is 2. The Morgan fingerprint density at radius 3 is 3.13 bits per heavy atom. The van der Waals surface area contributed by atoms with Gasteiger partial charge in [-0.25, -0.2) is 0 Å². The van der Waals surface area contributed by atoms with E-state index in [1.165, 1.54) is 23.3 Å². The third kappa shape index (κ3) is 4.43. The number of hydrogen-bond acceptors (Lipinski definition) is 3. The predicted molar refractivity (Wildman–Crippen MR) is 97.1 cm³/mol. The molecule has 2 heterocycles.